The predicted molar refractivity (Wildman–Crippen MR) is 44.8 cm³/mol. The van der Waals surface area contributed by atoms with Crippen molar-refractivity contribution in [2.75, 3.05) is 20.1 Å². The third-order valence-corrected chi connectivity index (χ3v) is 1.96. The van der Waals surface area contributed by atoms with Crippen molar-refractivity contribution in [3.05, 3.63) is 0 Å². The summed E-state index contributed by atoms with van der Waals surface area (Å²) < 4.78 is 5.08. The molecule has 4 nitrogen and oxygen atoms in total. The van der Waals surface area contributed by atoms with Gasteiger partial charge >= 0.3 is 6.09 Å². The molecule has 0 saturated carbocycles. The highest BCUT2D eigenvalue weighted by Gasteiger charge is 2.20. The molecule has 0 aromatic rings. The van der Waals surface area contributed by atoms with Gasteiger partial charge in [0.2, 0.25) is 0 Å². The van der Waals surface area contributed by atoms with Crippen molar-refractivity contribution in [1.82, 2.24) is 10.2 Å². The van der Waals surface area contributed by atoms with Crippen LogP contribution in [0.5, 0.6) is 0 Å². The first-order valence-corrected chi connectivity index (χ1v) is 4.32. The lowest BCUT2D eigenvalue weighted by molar-refractivity contribution is 0.0620. The molecule has 0 aromatic heterocycles. The Morgan fingerprint density at radius 2 is 2.50 bits per heavy atom. The fraction of sp³-hybridized carbons (Fsp3) is 0.875. The molecule has 0 spiro atoms. The smallest absolute Gasteiger partial charge is 0.411 e. The number of rotatable bonds is 2. The van der Waals surface area contributed by atoms with Gasteiger partial charge < -0.3 is 9.64 Å². The third-order valence-electron chi connectivity index (χ3n) is 1.96. The van der Waals surface area contributed by atoms with Crippen LogP contribution in [0.4, 0.5) is 4.79 Å². The molecule has 1 aliphatic rings. The lowest BCUT2D eigenvalue weighted by atomic mass is 10.4. The van der Waals surface area contributed by atoms with Gasteiger partial charge in [-0.25, -0.2) is 10.1 Å². The van der Waals surface area contributed by atoms with Gasteiger partial charge in [0.15, 0.2) is 6.23 Å². The maximum atomic E-state index is 11.2. The van der Waals surface area contributed by atoms with Gasteiger partial charge in [0.25, 0.3) is 0 Å². The average Bonchev–Trinajstić information content (AvgIpc) is 2.55. The van der Waals surface area contributed by atoms with Crippen LogP contribution in [0, 0.1) is 0 Å². The fourth-order valence-corrected chi connectivity index (χ4v) is 1.02. The second kappa shape index (κ2) is 4.30. The number of carbonyl (C=O) groups is 1. The summed E-state index contributed by atoms with van der Waals surface area (Å²) in [6.07, 6.45) is 1.46. The first-order chi connectivity index (χ1) is 5.74. The molecule has 0 N–H and O–H groups in total. The normalized spacial score (nSPS) is 22.3. The zero-order valence-electron chi connectivity index (χ0n) is 7.62. The van der Waals surface area contributed by atoms with Crippen LogP contribution < -0.4 is 5.32 Å². The Labute approximate surface area is 72.9 Å². The van der Waals surface area contributed by atoms with Crippen molar-refractivity contribution in [2.24, 2.45) is 0 Å². The molecule has 0 aliphatic carbocycles. The standard InChI is InChI=1S/C8H15N2O2/c1-3-10(2)8(11)12-7-5-4-6-9-7/h7H,3-6H2,1-2H3. The van der Waals surface area contributed by atoms with E-state index in [0.717, 1.165) is 19.4 Å². The van der Waals surface area contributed by atoms with Crippen LogP contribution in [-0.4, -0.2) is 37.4 Å². The topological polar surface area (TPSA) is 43.6 Å². The lowest BCUT2D eigenvalue weighted by Gasteiger charge is -2.17. The fourth-order valence-electron chi connectivity index (χ4n) is 1.02. The summed E-state index contributed by atoms with van der Waals surface area (Å²) in [6.45, 7) is 3.41. The molecule has 0 bridgehead atoms. The molecular weight excluding hydrogens is 156 g/mol. The highest BCUT2D eigenvalue weighted by atomic mass is 16.6. The van der Waals surface area contributed by atoms with Gasteiger partial charge in [-0.05, 0) is 13.3 Å². The van der Waals surface area contributed by atoms with Crippen molar-refractivity contribution in [2.45, 2.75) is 26.0 Å². The second-order valence-corrected chi connectivity index (χ2v) is 2.90. The van der Waals surface area contributed by atoms with E-state index in [1.165, 1.54) is 4.90 Å². The summed E-state index contributed by atoms with van der Waals surface area (Å²) in [5.74, 6) is 0. The van der Waals surface area contributed by atoms with Gasteiger partial charge in [-0.3, -0.25) is 0 Å². The zero-order valence-corrected chi connectivity index (χ0v) is 7.62. The Balaban J connectivity index is 2.25. The van der Waals surface area contributed by atoms with E-state index in [1.807, 2.05) is 6.92 Å². The summed E-state index contributed by atoms with van der Waals surface area (Å²) in [5.41, 5.74) is 0. The Bertz CT molecular complexity index is 155. The van der Waals surface area contributed by atoms with Crippen LogP contribution in [0.15, 0.2) is 0 Å². The molecule has 1 rings (SSSR count). The van der Waals surface area contributed by atoms with Crippen molar-refractivity contribution < 1.29 is 9.53 Å². The highest BCUT2D eigenvalue weighted by molar-refractivity contribution is 5.67. The zero-order chi connectivity index (χ0) is 8.97. The molecule has 12 heavy (non-hydrogen) atoms. The Morgan fingerprint density at radius 3 is 3.00 bits per heavy atom. The summed E-state index contributed by atoms with van der Waals surface area (Å²) in [4.78, 5) is 12.7. The highest BCUT2D eigenvalue weighted by Crippen LogP contribution is 2.09. The van der Waals surface area contributed by atoms with Crippen molar-refractivity contribution in [1.29, 1.82) is 0 Å². The quantitative estimate of drug-likeness (QED) is 0.616. The number of nitrogens with zero attached hydrogens (tertiary/aromatic N) is 2. The van der Waals surface area contributed by atoms with Gasteiger partial charge in [0, 0.05) is 26.6 Å². The first kappa shape index (κ1) is 9.32. The number of ether oxygens (including phenoxy) is 1. The number of carbonyl (C=O) groups excluding carboxylic acids is 1. The minimum absolute atomic E-state index is 0.188. The molecule has 1 atom stereocenters. The molecule has 1 saturated heterocycles. The van der Waals surface area contributed by atoms with Crippen molar-refractivity contribution in [3.63, 3.8) is 0 Å². The van der Waals surface area contributed by atoms with Gasteiger partial charge in [-0.15, -0.1) is 0 Å². The minimum Gasteiger partial charge on any atom is -0.429 e. The number of hydrogen-bond acceptors (Lipinski definition) is 2. The molecule has 1 amide bonds. The Kier molecular flexibility index (Phi) is 3.34. The van der Waals surface area contributed by atoms with Crippen LogP contribution >= 0.6 is 0 Å². The average molecular weight is 171 g/mol. The van der Waals surface area contributed by atoms with Gasteiger partial charge in [0.05, 0.1) is 0 Å². The van der Waals surface area contributed by atoms with E-state index in [2.05, 4.69) is 5.32 Å². The number of hydrogen-bond donors (Lipinski definition) is 0. The maximum absolute atomic E-state index is 11.2. The minimum atomic E-state index is -0.270. The second-order valence-electron chi connectivity index (χ2n) is 2.90. The Hall–Kier alpha value is -0.770. The molecule has 1 fully saturated rings. The SMILES string of the molecule is CCN(C)C(=O)OC1CCC[N]1. The lowest BCUT2D eigenvalue weighted by Crippen LogP contribution is -2.32. The summed E-state index contributed by atoms with van der Waals surface area (Å²) in [6, 6.07) is 0. The van der Waals surface area contributed by atoms with Crippen LogP contribution in [0.2, 0.25) is 0 Å². The van der Waals surface area contributed by atoms with Crippen molar-refractivity contribution in [3.8, 4) is 0 Å². The number of amides is 1. The van der Waals surface area contributed by atoms with E-state index in [-0.39, 0.29) is 12.3 Å². The maximum Gasteiger partial charge on any atom is 0.411 e. The van der Waals surface area contributed by atoms with Crippen LogP contribution in [0.25, 0.3) is 0 Å². The molecule has 1 unspecified atom stereocenters. The van der Waals surface area contributed by atoms with E-state index < -0.39 is 0 Å². The van der Waals surface area contributed by atoms with E-state index in [1.54, 1.807) is 7.05 Å². The molecule has 1 aliphatic heterocycles. The van der Waals surface area contributed by atoms with Gasteiger partial charge in [-0.2, -0.15) is 0 Å². The summed E-state index contributed by atoms with van der Waals surface area (Å²) in [5, 5.41) is 4.12. The molecular formula is C8H15N2O2. The monoisotopic (exact) mass is 171 g/mol. The van der Waals surface area contributed by atoms with Crippen LogP contribution in [0.1, 0.15) is 19.8 Å². The van der Waals surface area contributed by atoms with E-state index >= 15 is 0 Å². The van der Waals surface area contributed by atoms with Crippen LogP contribution in [-0.2, 0) is 4.74 Å². The Morgan fingerprint density at radius 1 is 1.75 bits per heavy atom. The van der Waals surface area contributed by atoms with E-state index in [4.69, 9.17) is 4.74 Å². The molecule has 1 heterocycles. The first-order valence-electron chi connectivity index (χ1n) is 4.32. The van der Waals surface area contributed by atoms with Crippen molar-refractivity contribution >= 4 is 6.09 Å². The third kappa shape index (κ3) is 2.37. The predicted octanol–water partition coefficient (Wildman–Crippen LogP) is 0.799. The summed E-state index contributed by atoms with van der Waals surface area (Å²) >= 11 is 0. The largest absolute Gasteiger partial charge is 0.429 e. The van der Waals surface area contributed by atoms with Gasteiger partial charge in [-0.1, -0.05) is 0 Å². The summed E-state index contributed by atoms with van der Waals surface area (Å²) in [7, 11) is 1.72. The van der Waals surface area contributed by atoms with E-state index in [9.17, 15) is 4.79 Å². The molecule has 0 aromatic carbocycles. The molecule has 69 valence electrons. The van der Waals surface area contributed by atoms with Gasteiger partial charge in [0.1, 0.15) is 0 Å². The van der Waals surface area contributed by atoms with Crippen LogP contribution in [0.3, 0.4) is 0 Å². The molecule has 1 radical (unpaired) electrons. The van der Waals surface area contributed by atoms with E-state index in [0.29, 0.717) is 6.54 Å². The molecule has 4 heteroatoms.